The van der Waals surface area contributed by atoms with Gasteiger partial charge in [-0.15, -0.1) is 0 Å². The van der Waals surface area contributed by atoms with Gasteiger partial charge < -0.3 is 0 Å². The molecule has 0 radical (unpaired) electrons. The first kappa shape index (κ1) is 11.3. The van der Waals surface area contributed by atoms with Crippen molar-refractivity contribution in [3.8, 4) is 0 Å². The van der Waals surface area contributed by atoms with Crippen LogP contribution in [0.2, 0.25) is 0 Å². The molecule has 0 fully saturated rings. The van der Waals surface area contributed by atoms with Gasteiger partial charge in [-0.25, -0.2) is 4.98 Å². The Morgan fingerprint density at radius 2 is 1.82 bits per heavy atom. The number of hydrogen-bond donors (Lipinski definition) is 0. The maximum atomic E-state index is 12.3. The molecule has 1 aromatic carbocycles. The molecular formula is C14H14N2O. The van der Waals surface area contributed by atoms with Crippen LogP contribution in [0.25, 0.3) is 0 Å². The van der Waals surface area contributed by atoms with Crippen molar-refractivity contribution < 1.29 is 4.79 Å². The predicted octanol–water partition coefficient (Wildman–Crippen LogP) is 2.75. The van der Waals surface area contributed by atoms with Crippen LogP contribution >= 0.6 is 0 Å². The summed E-state index contributed by atoms with van der Waals surface area (Å²) >= 11 is 0. The number of benzene rings is 1. The first-order valence-corrected chi connectivity index (χ1v) is 5.61. The second-order valence-electron chi connectivity index (χ2n) is 3.60. The monoisotopic (exact) mass is 226 g/mol. The van der Waals surface area contributed by atoms with E-state index in [2.05, 4.69) is 4.98 Å². The predicted molar refractivity (Wildman–Crippen MR) is 68.0 cm³/mol. The molecule has 17 heavy (non-hydrogen) atoms. The van der Waals surface area contributed by atoms with E-state index in [0.717, 1.165) is 0 Å². The van der Waals surface area contributed by atoms with E-state index in [4.69, 9.17) is 0 Å². The van der Waals surface area contributed by atoms with E-state index in [1.54, 1.807) is 11.1 Å². The third kappa shape index (κ3) is 2.50. The molecule has 0 unspecified atom stereocenters. The van der Waals surface area contributed by atoms with Gasteiger partial charge in [-0.05, 0) is 31.2 Å². The minimum atomic E-state index is -0.0215. The lowest BCUT2D eigenvalue weighted by Crippen LogP contribution is -2.31. The summed E-state index contributed by atoms with van der Waals surface area (Å²) in [4.78, 5) is 18.1. The lowest BCUT2D eigenvalue weighted by Gasteiger charge is -2.19. The SMILES string of the molecule is CCN(C(=O)c1ccccc1)c1ccccn1. The number of anilines is 1. The molecule has 1 heterocycles. The van der Waals surface area contributed by atoms with Crippen molar-refractivity contribution in [2.24, 2.45) is 0 Å². The molecule has 0 saturated heterocycles. The van der Waals surface area contributed by atoms with Gasteiger partial charge in [-0.1, -0.05) is 24.3 Å². The van der Waals surface area contributed by atoms with Crippen LogP contribution < -0.4 is 4.90 Å². The van der Waals surface area contributed by atoms with E-state index < -0.39 is 0 Å². The number of rotatable bonds is 3. The highest BCUT2D eigenvalue weighted by molar-refractivity contribution is 6.05. The lowest BCUT2D eigenvalue weighted by molar-refractivity contribution is 0.0987. The van der Waals surface area contributed by atoms with Gasteiger partial charge in [-0.2, -0.15) is 0 Å². The molecule has 2 aromatic rings. The summed E-state index contributed by atoms with van der Waals surface area (Å²) in [7, 11) is 0. The molecule has 0 aliphatic carbocycles. The number of hydrogen-bond acceptors (Lipinski definition) is 2. The van der Waals surface area contributed by atoms with Crippen LogP contribution in [-0.2, 0) is 0 Å². The molecule has 0 aliphatic rings. The van der Waals surface area contributed by atoms with Gasteiger partial charge >= 0.3 is 0 Å². The minimum Gasteiger partial charge on any atom is -0.293 e. The number of amides is 1. The van der Waals surface area contributed by atoms with Crippen LogP contribution in [0.15, 0.2) is 54.7 Å². The Labute approximate surface area is 101 Å². The third-order valence-electron chi connectivity index (χ3n) is 2.51. The summed E-state index contributed by atoms with van der Waals surface area (Å²) in [5.74, 6) is 0.663. The highest BCUT2D eigenvalue weighted by atomic mass is 16.2. The Hall–Kier alpha value is -2.16. The topological polar surface area (TPSA) is 33.2 Å². The molecule has 3 nitrogen and oxygen atoms in total. The Morgan fingerprint density at radius 1 is 1.12 bits per heavy atom. The van der Waals surface area contributed by atoms with Crippen LogP contribution in [-0.4, -0.2) is 17.4 Å². The zero-order chi connectivity index (χ0) is 12.1. The molecule has 86 valence electrons. The van der Waals surface area contributed by atoms with E-state index in [9.17, 15) is 4.79 Å². The largest absolute Gasteiger partial charge is 0.293 e. The van der Waals surface area contributed by atoms with E-state index in [0.29, 0.717) is 17.9 Å². The van der Waals surface area contributed by atoms with Gasteiger partial charge in [0.2, 0.25) is 0 Å². The standard InChI is InChI=1S/C14H14N2O/c1-2-16(13-10-6-7-11-15-13)14(17)12-8-4-3-5-9-12/h3-11H,2H2,1H3. The van der Waals surface area contributed by atoms with Gasteiger partial charge in [0, 0.05) is 18.3 Å². The molecule has 0 saturated carbocycles. The molecule has 1 amide bonds. The fourth-order valence-corrected chi connectivity index (χ4v) is 1.66. The van der Waals surface area contributed by atoms with Gasteiger partial charge in [0.1, 0.15) is 5.82 Å². The molecule has 2 rings (SSSR count). The molecule has 0 bridgehead atoms. The first-order chi connectivity index (χ1) is 8.33. The summed E-state index contributed by atoms with van der Waals surface area (Å²) in [6, 6.07) is 14.8. The average molecular weight is 226 g/mol. The van der Waals surface area contributed by atoms with Gasteiger partial charge in [0.05, 0.1) is 0 Å². The van der Waals surface area contributed by atoms with Crippen molar-refractivity contribution in [2.75, 3.05) is 11.4 Å². The molecule has 0 spiro atoms. The third-order valence-corrected chi connectivity index (χ3v) is 2.51. The zero-order valence-corrected chi connectivity index (χ0v) is 9.71. The van der Waals surface area contributed by atoms with Crippen molar-refractivity contribution in [3.63, 3.8) is 0 Å². The second-order valence-corrected chi connectivity index (χ2v) is 3.60. The van der Waals surface area contributed by atoms with E-state index >= 15 is 0 Å². The summed E-state index contributed by atoms with van der Waals surface area (Å²) in [6.45, 7) is 2.54. The number of carbonyl (C=O) groups excluding carboxylic acids is 1. The summed E-state index contributed by atoms with van der Waals surface area (Å²) in [6.07, 6.45) is 1.69. The Morgan fingerprint density at radius 3 is 2.41 bits per heavy atom. The van der Waals surface area contributed by atoms with Crippen molar-refractivity contribution in [3.05, 3.63) is 60.3 Å². The molecule has 1 aromatic heterocycles. The fraction of sp³-hybridized carbons (Fsp3) is 0.143. The zero-order valence-electron chi connectivity index (χ0n) is 9.71. The molecular weight excluding hydrogens is 212 g/mol. The van der Waals surface area contributed by atoms with E-state index in [1.165, 1.54) is 0 Å². The smallest absolute Gasteiger partial charge is 0.259 e. The number of aromatic nitrogens is 1. The van der Waals surface area contributed by atoms with Crippen LogP contribution in [0.4, 0.5) is 5.82 Å². The van der Waals surface area contributed by atoms with Crippen LogP contribution in [0.1, 0.15) is 17.3 Å². The Balaban J connectivity index is 2.29. The molecule has 0 atom stereocenters. The highest BCUT2D eigenvalue weighted by Crippen LogP contribution is 2.13. The van der Waals surface area contributed by atoms with Crippen LogP contribution in [0.3, 0.4) is 0 Å². The normalized spacial score (nSPS) is 9.94. The molecule has 0 N–H and O–H groups in total. The number of nitrogens with zero attached hydrogens (tertiary/aromatic N) is 2. The van der Waals surface area contributed by atoms with Crippen molar-refractivity contribution in [1.29, 1.82) is 0 Å². The summed E-state index contributed by atoms with van der Waals surface area (Å²) < 4.78 is 0. The lowest BCUT2D eigenvalue weighted by atomic mass is 10.2. The van der Waals surface area contributed by atoms with Crippen molar-refractivity contribution in [2.45, 2.75) is 6.92 Å². The first-order valence-electron chi connectivity index (χ1n) is 5.61. The number of pyridine rings is 1. The van der Waals surface area contributed by atoms with Crippen LogP contribution in [0, 0.1) is 0 Å². The molecule has 0 aliphatic heterocycles. The molecule has 3 heteroatoms. The maximum Gasteiger partial charge on any atom is 0.259 e. The van der Waals surface area contributed by atoms with Crippen molar-refractivity contribution >= 4 is 11.7 Å². The van der Waals surface area contributed by atoms with Crippen LogP contribution in [0.5, 0.6) is 0 Å². The average Bonchev–Trinajstić information content (AvgIpc) is 2.42. The minimum absolute atomic E-state index is 0.0215. The second kappa shape index (κ2) is 5.25. The summed E-state index contributed by atoms with van der Waals surface area (Å²) in [5, 5.41) is 0. The Bertz CT molecular complexity index is 482. The fourth-order valence-electron chi connectivity index (χ4n) is 1.66. The highest BCUT2D eigenvalue weighted by Gasteiger charge is 2.15. The van der Waals surface area contributed by atoms with Gasteiger partial charge in [-0.3, -0.25) is 9.69 Å². The van der Waals surface area contributed by atoms with Crippen molar-refractivity contribution in [1.82, 2.24) is 4.98 Å². The van der Waals surface area contributed by atoms with Gasteiger partial charge in [0.25, 0.3) is 5.91 Å². The quantitative estimate of drug-likeness (QED) is 0.806. The van der Waals surface area contributed by atoms with Gasteiger partial charge in [0.15, 0.2) is 0 Å². The Kier molecular flexibility index (Phi) is 3.50. The van der Waals surface area contributed by atoms with E-state index in [1.807, 2.05) is 55.5 Å². The van der Waals surface area contributed by atoms with E-state index in [-0.39, 0.29) is 5.91 Å². The summed E-state index contributed by atoms with van der Waals surface area (Å²) in [5.41, 5.74) is 0.681. The maximum absolute atomic E-state index is 12.3. The number of carbonyl (C=O) groups is 1.